The highest BCUT2D eigenvalue weighted by molar-refractivity contribution is 7.92. The Bertz CT molecular complexity index is 1010. The van der Waals surface area contributed by atoms with E-state index >= 15 is 0 Å². The summed E-state index contributed by atoms with van der Waals surface area (Å²) in [6.07, 6.45) is 6.66. The zero-order chi connectivity index (χ0) is 17.4. The lowest BCUT2D eigenvalue weighted by molar-refractivity contribution is 0.496. The van der Waals surface area contributed by atoms with Crippen LogP contribution in [0.4, 0.5) is 10.1 Å². The highest BCUT2D eigenvalue weighted by Gasteiger charge is 2.28. The molecule has 0 atom stereocenters. The SMILES string of the molecule is O=S(=O)(Nc1cnn(Cc2coc(C3CC3)n2)c1)c1ccccc1F. The van der Waals surface area contributed by atoms with Gasteiger partial charge in [0.15, 0.2) is 5.89 Å². The van der Waals surface area contributed by atoms with Gasteiger partial charge in [-0.1, -0.05) is 12.1 Å². The van der Waals surface area contributed by atoms with Crippen molar-refractivity contribution in [2.45, 2.75) is 30.2 Å². The molecule has 25 heavy (non-hydrogen) atoms. The molecule has 1 aliphatic carbocycles. The largest absolute Gasteiger partial charge is 0.448 e. The second kappa shape index (κ2) is 5.99. The second-order valence-electron chi connectivity index (χ2n) is 5.91. The molecular formula is C16H15FN4O3S. The average Bonchev–Trinajstić information content (AvgIpc) is 3.17. The number of rotatable bonds is 6. The molecule has 7 nitrogen and oxygen atoms in total. The number of halogens is 1. The normalized spacial score (nSPS) is 14.6. The van der Waals surface area contributed by atoms with Gasteiger partial charge in [0.25, 0.3) is 10.0 Å². The minimum Gasteiger partial charge on any atom is -0.448 e. The van der Waals surface area contributed by atoms with Gasteiger partial charge in [-0.3, -0.25) is 9.40 Å². The molecular weight excluding hydrogens is 347 g/mol. The van der Waals surface area contributed by atoms with Crippen LogP contribution in [0, 0.1) is 5.82 Å². The molecule has 4 rings (SSSR count). The van der Waals surface area contributed by atoms with Gasteiger partial charge in [0.1, 0.15) is 22.7 Å². The first kappa shape index (κ1) is 15.8. The van der Waals surface area contributed by atoms with Gasteiger partial charge in [0.05, 0.1) is 18.4 Å². The van der Waals surface area contributed by atoms with Crippen LogP contribution in [-0.2, 0) is 16.6 Å². The Kier molecular flexibility index (Phi) is 3.79. The molecule has 2 aromatic heterocycles. The van der Waals surface area contributed by atoms with Crippen molar-refractivity contribution in [2.24, 2.45) is 0 Å². The number of anilines is 1. The Morgan fingerprint density at radius 2 is 2.12 bits per heavy atom. The Morgan fingerprint density at radius 3 is 2.88 bits per heavy atom. The Balaban J connectivity index is 1.48. The number of nitrogens with one attached hydrogen (secondary N) is 1. The van der Waals surface area contributed by atoms with E-state index in [0.717, 1.165) is 24.8 Å². The summed E-state index contributed by atoms with van der Waals surface area (Å²) in [6, 6.07) is 5.19. The summed E-state index contributed by atoms with van der Waals surface area (Å²) in [6.45, 7) is 0.359. The summed E-state index contributed by atoms with van der Waals surface area (Å²) in [5, 5.41) is 4.10. The highest BCUT2D eigenvalue weighted by atomic mass is 32.2. The van der Waals surface area contributed by atoms with Crippen molar-refractivity contribution in [3.8, 4) is 0 Å². The highest BCUT2D eigenvalue weighted by Crippen LogP contribution is 2.39. The fourth-order valence-corrected chi connectivity index (χ4v) is 3.56. The fourth-order valence-electron chi connectivity index (χ4n) is 2.45. The van der Waals surface area contributed by atoms with Crippen molar-refractivity contribution >= 4 is 15.7 Å². The molecule has 1 aliphatic rings. The van der Waals surface area contributed by atoms with E-state index in [1.807, 2.05) is 0 Å². The third-order valence-electron chi connectivity index (χ3n) is 3.83. The first-order valence-corrected chi connectivity index (χ1v) is 9.24. The Hall–Kier alpha value is -2.68. The maximum absolute atomic E-state index is 13.7. The van der Waals surface area contributed by atoms with Crippen LogP contribution in [0.1, 0.15) is 30.3 Å². The summed E-state index contributed by atoms with van der Waals surface area (Å²) >= 11 is 0. The van der Waals surface area contributed by atoms with Gasteiger partial charge in [-0.25, -0.2) is 17.8 Å². The van der Waals surface area contributed by atoms with Gasteiger partial charge in [0, 0.05) is 12.1 Å². The van der Waals surface area contributed by atoms with Crippen molar-refractivity contribution in [3.63, 3.8) is 0 Å². The molecule has 2 heterocycles. The van der Waals surface area contributed by atoms with Gasteiger partial charge >= 0.3 is 0 Å². The van der Waals surface area contributed by atoms with Crippen LogP contribution in [0.25, 0.3) is 0 Å². The van der Waals surface area contributed by atoms with E-state index in [2.05, 4.69) is 14.8 Å². The van der Waals surface area contributed by atoms with E-state index in [1.165, 1.54) is 35.3 Å². The van der Waals surface area contributed by atoms with Crippen molar-refractivity contribution in [1.29, 1.82) is 0 Å². The zero-order valence-corrected chi connectivity index (χ0v) is 13.9. The molecule has 0 bridgehead atoms. The van der Waals surface area contributed by atoms with Crippen LogP contribution in [0.2, 0.25) is 0 Å². The number of hydrogen-bond donors (Lipinski definition) is 1. The van der Waals surface area contributed by atoms with Crippen LogP contribution >= 0.6 is 0 Å². The maximum atomic E-state index is 13.7. The lowest BCUT2D eigenvalue weighted by atomic mass is 10.4. The maximum Gasteiger partial charge on any atom is 0.264 e. The first-order valence-electron chi connectivity index (χ1n) is 7.75. The molecule has 1 saturated carbocycles. The van der Waals surface area contributed by atoms with Crippen LogP contribution in [0.5, 0.6) is 0 Å². The van der Waals surface area contributed by atoms with Crippen molar-refractivity contribution in [3.05, 3.63) is 60.3 Å². The zero-order valence-electron chi connectivity index (χ0n) is 13.1. The summed E-state index contributed by atoms with van der Waals surface area (Å²) < 4.78 is 47.5. The number of aromatic nitrogens is 3. The van der Waals surface area contributed by atoms with E-state index in [4.69, 9.17) is 4.42 Å². The minimum atomic E-state index is -4.01. The Labute approximate surface area is 143 Å². The molecule has 0 radical (unpaired) electrons. The Morgan fingerprint density at radius 1 is 1.32 bits per heavy atom. The monoisotopic (exact) mass is 362 g/mol. The average molecular weight is 362 g/mol. The van der Waals surface area contributed by atoms with E-state index in [9.17, 15) is 12.8 Å². The van der Waals surface area contributed by atoms with Crippen molar-refractivity contribution < 1.29 is 17.2 Å². The number of hydrogen-bond acceptors (Lipinski definition) is 5. The van der Waals surface area contributed by atoms with Crippen molar-refractivity contribution in [1.82, 2.24) is 14.8 Å². The number of nitrogens with zero attached hydrogens (tertiary/aromatic N) is 3. The van der Waals surface area contributed by atoms with Gasteiger partial charge in [-0.05, 0) is 25.0 Å². The van der Waals surface area contributed by atoms with E-state index < -0.39 is 20.7 Å². The fraction of sp³-hybridized carbons (Fsp3) is 0.250. The van der Waals surface area contributed by atoms with Gasteiger partial charge in [-0.2, -0.15) is 5.10 Å². The van der Waals surface area contributed by atoms with Crippen LogP contribution < -0.4 is 4.72 Å². The van der Waals surface area contributed by atoms with Crippen LogP contribution in [0.15, 0.2) is 52.2 Å². The molecule has 0 spiro atoms. The van der Waals surface area contributed by atoms with Gasteiger partial charge in [-0.15, -0.1) is 0 Å². The van der Waals surface area contributed by atoms with Crippen LogP contribution in [0.3, 0.4) is 0 Å². The number of sulfonamides is 1. The van der Waals surface area contributed by atoms with E-state index in [1.54, 1.807) is 6.26 Å². The topological polar surface area (TPSA) is 90.0 Å². The minimum absolute atomic E-state index is 0.245. The molecule has 0 amide bonds. The predicted octanol–water partition coefficient (Wildman–Crippen LogP) is 2.74. The lowest BCUT2D eigenvalue weighted by Crippen LogP contribution is -2.14. The quantitative estimate of drug-likeness (QED) is 0.728. The number of oxazole rings is 1. The summed E-state index contributed by atoms with van der Waals surface area (Å²) in [5.41, 5.74) is 0.961. The van der Waals surface area contributed by atoms with Gasteiger partial charge in [0.2, 0.25) is 0 Å². The molecule has 1 fully saturated rings. The standard InChI is InChI=1S/C16H15FN4O3S/c17-14-3-1-2-4-15(14)25(22,23)20-12-7-18-21(8-12)9-13-10-24-16(19-13)11-5-6-11/h1-4,7-8,10-11,20H,5-6,9H2. The smallest absolute Gasteiger partial charge is 0.264 e. The molecule has 3 aromatic rings. The van der Waals surface area contributed by atoms with Gasteiger partial charge < -0.3 is 4.42 Å². The molecule has 1 aromatic carbocycles. The second-order valence-corrected chi connectivity index (χ2v) is 7.56. The third-order valence-corrected chi connectivity index (χ3v) is 5.25. The van der Waals surface area contributed by atoms with Crippen LogP contribution in [-0.4, -0.2) is 23.2 Å². The summed E-state index contributed by atoms with van der Waals surface area (Å²) in [5.74, 6) is 0.356. The lowest BCUT2D eigenvalue weighted by Gasteiger charge is -2.06. The number of benzene rings is 1. The molecule has 0 saturated heterocycles. The van der Waals surface area contributed by atoms with E-state index in [-0.39, 0.29) is 5.69 Å². The summed E-state index contributed by atoms with van der Waals surface area (Å²) in [4.78, 5) is 3.99. The molecule has 9 heteroatoms. The first-order chi connectivity index (χ1) is 12.0. The third kappa shape index (κ3) is 3.41. The molecule has 1 N–H and O–H groups in total. The molecule has 0 aliphatic heterocycles. The predicted molar refractivity (Wildman–Crippen MR) is 87.0 cm³/mol. The summed E-state index contributed by atoms with van der Waals surface area (Å²) in [7, 11) is -4.01. The van der Waals surface area contributed by atoms with Crippen molar-refractivity contribution in [2.75, 3.05) is 4.72 Å². The molecule has 130 valence electrons. The van der Waals surface area contributed by atoms with E-state index in [0.29, 0.717) is 18.2 Å². The molecule has 0 unspecified atom stereocenters.